The van der Waals surface area contributed by atoms with Crippen molar-refractivity contribution < 1.29 is 4.74 Å². The highest BCUT2D eigenvalue weighted by Gasteiger charge is 2.10. The number of nitrogen functional groups attached to an aromatic ring is 2. The number of halogens is 2. The second kappa shape index (κ2) is 7.36. The molecule has 0 spiro atoms. The highest BCUT2D eigenvalue weighted by atomic mass is 35.5. The number of anilines is 2. The average Bonchev–Trinajstić information content (AvgIpc) is 2.66. The van der Waals surface area contributed by atoms with Gasteiger partial charge in [-0.1, -0.05) is 6.07 Å². The van der Waals surface area contributed by atoms with E-state index in [1.165, 1.54) is 0 Å². The number of fused-ring (bicyclic) bond motifs is 1. The molecule has 0 fully saturated rings. The molecule has 5 N–H and O–H groups in total. The summed E-state index contributed by atoms with van der Waals surface area (Å²) < 4.78 is 5.66. The summed E-state index contributed by atoms with van der Waals surface area (Å²) in [4.78, 5) is 4.09. The SMILES string of the molecule is Cl.Cl.Nc1cc(-c2ccc3c(c2)CNCCO3)cnc1N. The van der Waals surface area contributed by atoms with E-state index in [1.54, 1.807) is 6.20 Å². The van der Waals surface area contributed by atoms with E-state index >= 15 is 0 Å². The molecule has 2 heterocycles. The summed E-state index contributed by atoms with van der Waals surface area (Å²) in [5, 5.41) is 3.32. The maximum absolute atomic E-state index is 5.80. The van der Waals surface area contributed by atoms with Crippen LogP contribution in [0.1, 0.15) is 5.56 Å². The second-order valence-corrected chi connectivity index (χ2v) is 4.55. The maximum Gasteiger partial charge on any atom is 0.146 e. The van der Waals surface area contributed by atoms with Crippen LogP contribution in [0, 0.1) is 0 Å². The lowest BCUT2D eigenvalue weighted by atomic mass is 10.0. The number of nitrogens with two attached hydrogens (primary N) is 2. The smallest absolute Gasteiger partial charge is 0.146 e. The number of rotatable bonds is 1. The van der Waals surface area contributed by atoms with Gasteiger partial charge in [0.1, 0.15) is 18.2 Å². The summed E-state index contributed by atoms with van der Waals surface area (Å²) in [6.45, 7) is 2.37. The zero-order chi connectivity index (χ0) is 13.2. The minimum absolute atomic E-state index is 0. The first kappa shape index (κ1) is 17.4. The normalized spacial score (nSPS) is 13.0. The van der Waals surface area contributed by atoms with Gasteiger partial charge in [-0.2, -0.15) is 0 Å². The van der Waals surface area contributed by atoms with Crippen LogP contribution in [0.15, 0.2) is 30.5 Å². The first-order valence-electron chi connectivity index (χ1n) is 6.22. The molecule has 21 heavy (non-hydrogen) atoms. The lowest BCUT2D eigenvalue weighted by Crippen LogP contribution is -2.16. The van der Waals surface area contributed by atoms with Crippen molar-refractivity contribution in [1.82, 2.24) is 10.3 Å². The van der Waals surface area contributed by atoms with Crippen molar-refractivity contribution in [2.45, 2.75) is 6.54 Å². The number of nitrogens with one attached hydrogen (secondary N) is 1. The molecule has 0 unspecified atom stereocenters. The van der Waals surface area contributed by atoms with Crippen LogP contribution >= 0.6 is 24.8 Å². The van der Waals surface area contributed by atoms with Gasteiger partial charge in [-0.05, 0) is 23.8 Å². The quantitative estimate of drug-likeness (QED) is 0.747. The summed E-state index contributed by atoms with van der Waals surface area (Å²) in [5.74, 6) is 1.30. The molecule has 1 aromatic heterocycles. The molecule has 7 heteroatoms. The zero-order valence-electron chi connectivity index (χ0n) is 11.3. The monoisotopic (exact) mass is 328 g/mol. The molecule has 0 saturated heterocycles. The third kappa shape index (κ3) is 3.69. The maximum atomic E-state index is 5.80. The number of aromatic nitrogens is 1. The minimum atomic E-state index is 0. The van der Waals surface area contributed by atoms with Crippen molar-refractivity contribution in [3.05, 3.63) is 36.0 Å². The first-order chi connectivity index (χ1) is 9.24. The molecule has 1 aliphatic heterocycles. The van der Waals surface area contributed by atoms with E-state index in [0.717, 1.165) is 35.5 Å². The average molecular weight is 329 g/mol. The number of hydrogen-bond acceptors (Lipinski definition) is 5. The van der Waals surface area contributed by atoms with Crippen molar-refractivity contribution in [2.75, 3.05) is 24.6 Å². The van der Waals surface area contributed by atoms with Crippen LogP contribution in [-0.4, -0.2) is 18.1 Å². The molecule has 1 aliphatic rings. The van der Waals surface area contributed by atoms with Gasteiger partial charge < -0.3 is 21.5 Å². The van der Waals surface area contributed by atoms with Gasteiger partial charge in [-0.25, -0.2) is 4.98 Å². The van der Waals surface area contributed by atoms with Crippen molar-refractivity contribution in [3.8, 4) is 16.9 Å². The number of benzene rings is 1. The van der Waals surface area contributed by atoms with Gasteiger partial charge in [0.25, 0.3) is 0 Å². The Hall–Kier alpha value is -1.69. The van der Waals surface area contributed by atoms with Gasteiger partial charge in [0.2, 0.25) is 0 Å². The van der Waals surface area contributed by atoms with Gasteiger partial charge in [0.05, 0.1) is 5.69 Å². The molecule has 0 saturated carbocycles. The van der Waals surface area contributed by atoms with Crippen LogP contribution in [-0.2, 0) is 6.54 Å². The summed E-state index contributed by atoms with van der Waals surface area (Å²) in [5.41, 5.74) is 15.1. The predicted molar refractivity (Wildman–Crippen MR) is 90.2 cm³/mol. The molecule has 0 amide bonds. The molecule has 0 atom stereocenters. The fourth-order valence-electron chi connectivity index (χ4n) is 2.14. The molecule has 5 nitrogen and oxygen atoms in total. The molecule has 0 radical (unpaired) electrons. The highest BCUT2D eigenvalue weighted by molar-refractivity contribution is 5.85. The van der Waals surface area contributed by atoms with E-state index in [-0.39, 0.29) is 24.8 Å². The standard InChI is InChI=1S/C14H16N4O.2ClH/c15-12-6-10(8-18-14(12)16)9-1-2-13-11(5-9)7-17-3-4-19-13;;/h1-2,5-6,8,17H,3-4,7,15H2,(H2,16,18);2*1H. The van der Waals surface area contributed by atoms with Crippen LogP contribution in [0.2, 0.25) is 0 Å². The summed E-state index contributed by atoms with van der Waals surface area (Å²) in [7, 11) is 0. The molecule has 3 rings (SSSR count). The van der Waals surface area contributed by atoms with E-state index in [9.17, 15) is 0 Å². The van der Waals surface area contributed by atoms with Gasteiger partial charge in [-0.15, -0.1) is 24.8 Å². The van der Waals surface area contributed by atoms with Gasteiger partial charge in [0.15, 0.2) is 0 Å². The van der Waals surface area contributed by atoms with E-state index in [1.807, 2.05) is 18.2 Å². The molecule has 0 bridgehead atoms. The molecule has 2 aromatic rings. The Morgan fingerprint density at radius 2 is 1.90 bits per heavy atom. The minimum Gasteiger partial charge on any atom is -0.492 e. The Kier molecular flexibility index (Phi) is 6.08. The fourth-order valence-corrected chi connectivity index (χ4v) is 2.14. The Morgan fingerprint density at radius 1 is 1.10 bits per heavy atom. The number of pyridine rings is 1. The summed E-state index contributed by atoms with van der Waals surface area (Å²) >= 11 is 0. The van der Waals surface area contributed by atoms with Crippen LogP contribution in [0.25, 0.3) is 11.1 Å². The molecular formula is C14H18Cl2N4O. The Balaban J connectivity index is 0.00000110. The Morgan fingerprint density at radius 3 is 2.67 bits per heavy atom. The van der Waals surface area contributed by atoms with E-state index in [2.05, 4.69) is 16.4 Å². The third-order valence-electron chi connectivity index (χ3n) is 3.20. The van der Waals surface area contributed by atoms with Crippen LogP contribution in [0.5, 0.6) is 5.75 Å². The Labute approximate surface area is 135 Å². The number of hydrogen-bond donors (Lipinski definition) is 3. The molecular weight excluding hydrogens is 311 g/mol. The predicted octanol–water partition coefficient (Wildman–Crippen LogP) is 2.24. The van der Waals surface area contributed by atoms with Crippen LogP contribution < -0.4 is 21.5 Å². The van der Waals surface area contributed by atoms with Gasteiger partial charge in [-0.3, -0.25) is 0 Å². The van der Waals surface area contributed by atoms with E-state index in [0.29, 0.717) is 18.1 Å². The lowest BCUT2D eigenvalue weighted by molar-refractivity contribution is 0.326. The topological polar surface area (TPSA) is 86.2 Å². The number of nitrogens with zero attached hydrogens (tertiary/aromatic N) is 1. The van der Waals surface area contributed by atoms with Crippen LogP contribution in [0.4, 0.5) is 11.5 Å². The fraction of sp³-hybridized carbons (Fsp3) is 0.214. The molecule has 0 aliphatic carbocycles. The van der Waals surface area contributed by atoms with Crippen molar-refractivity contribution in [1.29, 1.82) is 0 Å². The Bertz CT molecular complexity index is 622. The van der Waals surface area contributed by atoms with E-state index in [4.69, 9.17) is 16.2 Å². The van der Waals surface area contributed by atoms with E-state index < -0.39 is 0 Å². The summed E-state index contributed by atoms with van der Waals surface area (Å²) in [6, 6.07) is 7.94. The third-order valence-corrected chi connectivity index (χ3v) is 3.20. The zero-order valence-corrected chi connectivity index (χ0v) is 13.0. The summed E-state index contributed by atoms with van der Waals surface area (Å²) in [6.07, 6.45) is 1.73. The van der Waals surface area contributed by atoms with Crippen molar-refractivity contribution in [3.63, 3.8) is 0 Å². The van der Waals surface area contributed by atoms with Gasteiger partial charge >= 0.3 is 0 Å². The first-order valence-corrected chi connectivity index (χ1v) is 6.22. The van der Waals surface area contributed by atoms with Crippen LogP contribution in [0.3, 0.4) is 0 Å². The lowest BCUT2D eigenvalue weighted by Gasteiger charge is -2.10. The largest absolute Gasteiger partial charge is 0.492 e. The molecule has 114 valence electrons. The molecule has 1 aromatic carbocycles. The number of ether oxygens (including phenoxy) is 1. The second-order valence-electron chi connectivity index (χ2n) is 4.55. The van der Waals surface area contributed by atoms with Gasteiger partial charge in [0, 0.05) is 30.4 Å². The highest BCUT2D eigenvalue weighted by Crippen LogP contribution is 2.29. The van der Waals surface area contributed by atoms with Crippen molar-refractivity contribution in [2.24, 2.45) is 0 Å². The van der Waals surface area contributed by atoms with Crippen molar-refractivity contribution >= 4 is 36.3 Å².